The number of pyridine rings is 3. The molecule has 3 aromatic carbocycles. The zero-order chi connectivity index (χ0) is 59.3. The van der Waals surface area contributed by atoms with E-state index in [1.165, 1.54) is 85.9 Å². The molecule has 2 aliphatic carbocycles. The number of ether oxygens (including phenoxy) is 3. The number of anilines is 6. The monoisotopic (exact) mass is 1190 g/mol. The molecule has 2 aliphatic rings. The Balaban J connectivity index is 0.000000159. The average Bonchev–Trinajstić information content (AvgIpc) is 4.50. The third kappa shape index (κ3) is 13.6. The molecule has 0 unspecified atom stereocenters. The number of aromatic amines is 3. The van der Waals surface area contributed by atoms with Gasteiger partial charge < -0.3 is 41.6 Å². The van der Waals surface area contributed by atoms with Gasteiger partial charge in [-0.05, 0) is 74.2 Å². The van der Waals surface area contributed by atoms with E-state index in [2.05, 4.69) is 50.9 Å². The molecule has 10 N–H and O–H groups in total. The molecule has 81 heavy (non-hydrogen) atoms. The van der Waals surface area contributed by atoms with Crippen LogP contribution in [-0.4, -0.2) is 77.4 Å². The van der Waals surface area contributed by atoms with Gasteiger partial charge in [-0.15, -0.1) is 0 Å². The van der Waals surface area contributed by atoms with Gasteiger partial charge >= 0.3 is 0 Å². The van der Waals surface area contributed by atoms with Crippen molar-refractivity contribution in [2.75, 3.05) is 43.0 Å². The van der Waals surface area contributed by atoms with Crippen molar-refractivity contribution in [3.8, 4) is 17.2 Å². The van der Waals surface area contributed by atoms with Crippen LogP contribution in [0.2, 0.25) is 15.3 Å². The number of benzene rings is 3. The summed E-state index contributed by atoms with van der Waals surface area (Å²) in [5.41, 5.74) is 11.1. The number of hydrogen-bond acceptors (Lipinski definition) is 14. The smallest absolute Gasteiger partial charge is 0.277 e. The zero-order valence-corrected chi connectivity index (χ0v) is 45.5. The van der Waals surface area contributed by atoms with Crippen molar-refractivity contribution in [3.05, 3.63) is 136 Å². The molecular formula is C50H47Cl3F6N14O8. The quantitative estimate of drug-likeness (QED) is 0.0361. The van der Waals surface area contributed by atoms with Crippen molar-refractivity contribution in [2.24, 2.45) is 38.7 Å². The number of halogens is 9. The standard InChI is InChI=1S/C18H17F2N5O3.C14H11ClF2N4O2.C7H5Cl2N3O.C7H7F2NO.C4H7NO/c1-25-18(27)13-11(21-10-6-5-9(19)14(20)15(10)28-2)7-12(22-16(13)24-25)23-17(26)8-3-4-8;1-21-14(22)10-8(5-9(15)19-13(10)20-21)18-7-4-3-6(16)11(17)12(7)23-2;1-12-7(13)5-3(8)2-4(9)10-6(5)11-12;1-11-7-5(10)3-2-4(8)6(7)9;5-4(6)3-1-2-3/h5-8H,3-4H2,1-2H3,(H3,21,22,23,24,26);3-5H,1-2H3,(H2,18,19,20);2H,1H3,(H,10,11);2-3H,10H2,1H3;3H,1-2H2,(H2,5,6). The largest absolute Gasteiger partial charge is 0.491 e. The number of nitrogens with zero attached hydrogens (tertiary/aromatic N) is 6. The summed E-state index contributed by atoms with van der Waals surface area (Å²) in [6, 6.07) is 11.0. The first-order chi connectivity index (χ1) is 38.4. The normalized spacial score (nSPS) is 12.4. The van der Waals surface area contributed by atoms with E-state index in [1.54, 1.807) is 7.05 Å². The number of carbonyl (C=O) groups excluding carboxylic acids is 2. The molecule has 22 nitrogen and oxygen atoms in total. The Morgan fingerprint density at radius 1 is 0.568 bits per heavy atom. The highest BCUT2D eigenvalue weighted by Gasteiger charge is 2.30. The Morgan fingerprint density at radius 2 is 0.963 bits per heavy atom. The lowest BCUT2D eigenvalue weighted by Gasteiger charge is -2.13. The number of amides is 2. The lowest BCUT2D eigenvalue weighted by atomic mass is 10.2. The number of fused-ring (bicyclic) bond motifs is 3. The summed E-state index contributed by atoms with van der Waals surface area (Å²) in [4.78, 5) is 70.3. The van der Waals surface area contributed by atoms with E-state index >= 15 is 0 Å². The van der Waals surface area contributed by atoms with Crippen LogP contribution in [0.4, 0.5) is 60.6 Å². The molecule has 0 aliphatic heterocycles. The molecule has 0 atom stereocenters. The summed E-state index contributed by atoms with van der Waals surface area (Å²) in [7, 11) is 8.30. The number of H-pyrrole nitrogens is 3. The van der Waals surface area contributed by atoms with E-state index in [-0.39, 0.29) is 119 Å². The topological polar surface area (TPSA) is 302 Å². The first-order valence-electron chi connectivity index (χ1n) is 23.6. The number of nitrogens with two attached hydrogens (primary N) is 2. The van der Waals surface area contributed by atoms with Crippen molar-refractivity contribution in [2.45, 2.75) is 25.7 Å². The minimum atomic E-state index is -1.15. The van der Waals surface area contributed by atoms with Crippen LogP contribution in [0, 0.1) is 46.7 Å². The fourth-order valence-electron chi connectivity index (χ4n) is 7.46. The van der Waals surface area contributed by atoms with E-state index in [9.17, 15) is 50.3 Å². The summed E-state index contributed by atoms with van der Waals surface area (Å²) in [5, 5.41) is 18.2. The number of nitrogens with one attached hydrogen (secondary N) is 6. The predicted octanol–water partition coefficient (Wildman–Crippen LogP) is 8.59. The Labute approximate surface area is 467 Å². The molecule has 0 spiro atoms. The summed E-state index contributed by atoms with van der Waals surface area (Å²) in [6.45, 7) is 0. The van der Waals surface area contributed by atoms with E-state index in [1.807, 2.05) is 0 Å². The minimum absolute atomic E-state index is 0.0324. The van der Waals surface area contributed by atoms with Gasteiger partial charge in [0.15, 0.2) is 51.6 Å². The summed E-state index contributed by atoms with van der Waals surface area (Å²) in [6.07, 6.45) is 3.70. The Bertz CT molecular complexity index is 4070. The number of primary amides is 1. The number of hydrogen-bond donors (Lipinski definition) is 8. The summed E-state index contributed by atoms with van der Waals surface area (Å²) in [5.74, 6) is -7.11. The van der Waals surface area contributed by atoms with Crippen molar-refractivity contribution in [1.82, 2.24) is 44.3 Å². The number of rotatable bonds is 10. The van der Waals surface area contributed by atoms with E-state index in [4.69, 9.17) is 55.7 Å². The van der Waals surface area contributed by atoms with Crippen LogP contribution >= 0.6 is 34.8 Å². The van der Waals surface area contributed by atoms with Crippen molar-refractivity contribution in [3.63, 3.8) is 0 Å². The lowest BCUT2D eigenvalue weighted by Crippen LogP contribution is -2.15. The number of carbonyl (C=O) groups is 2. The van der Waals surface area contributed by atoms with Gasteiger partial charge in [-0.3, -0.25) is 53.3 Å². The molecule has 0 saturated heterocycles. The molecule has 0 bridgehead atoms. The summed E-state index contributed by atoms with van der Waals surface area (Å²) >= 11 is 17.4. The fourth-order valence-corrected chi connectivity index (χ4v) is 8.18. The maximum Gasteiger partial charge on any atom is 0.277 e. The van der Waals surface area contributed by atoms with Crippen molar-refractivity contribution in [1.29, 1.82) is 0 Å². The SMILES string of the molecule is COc1c(N)ccc(F)c1F.COc1c(Nc2cc(Cl)nc3[nH]n(C)c(=O)c23)ccc(F)c1F.COc1c(Nc2cc(NC(=O)C3CC3)nc3[nH]n(C)c(=O)c23)ccc(F)c1F.Cn1[nH]c2nc(Cl)cc(Cl)c2c1=O.NC(=O)C1CC1. The Morgan fingerprint density at radius 3 is 1.38 bits per heavy atom. The van der Waals surface area contributed by atoms with Gasteiger partial charge in [-0.1, -0.05) is 34.8 Å². The molecule has 11 rings (SSSR count). The molecule has 6 aromatic heterocycles. The first-order valence-corrected chi connectivity index (χ1v) is 24.7. The second kappa shape index (κ2) is 25.1. The van der Waals surface area contributed by atoms with Gasteiger partial charge in [-0.25, -0.2) is 28.1 Å². The first kappa shape index (κ1) is 59.8. The summed E-state index contributed by atoms with van der Waals surface area (Å²) < 4.78 is 97.9. The van der Waals surface area contributed by atoms with Gasteiger partial charge in [0.2, 0.25) is 29.3 Å². The molecule has 2 saturated carbocycles. The molecule has 428 valence electrons. The van der Waals surface area contributed by atoms with Gasteiger partial charge in [0, 0.05) is 39.0 Å². The minimum Gasteiger partial charge on any atom is -0.491 e. The van der Waals surface area contributed by atoms with Gasteiger partial charge in [0.25, 0.3) is 16.7 Å². The molecule has 31 heteroatoms. The van der Waals surface area contributed by atoms with Crippen molar-refractivity contribution < 1.29 is 50.1 Å². The molecule has 9 aromatic rings. The molecular weight excluding hydrogens is 1140 g/mol. The predicted molar refractivity (Wildman–Crippen MR) is 292 cm³/mol. The van der Waals surface area contributed by atoms with Crippen molar-refractivity contribution >= 4 is 114 Å². The third-order valence-electron chi connectivity index (χ3n) is 11.8. The lowest BCUT2D eigenvalue weighted by molar-refractivity contribution is -0.119. The van der Waals surface area contributed by atoms with Crippen LogP contribution in [0.3, 0.4) is 0 Å². The van der Waals surface area contributed by atoms with E-state index < -0.39 is 34.9 Å². The van der Waals surface area contributed by atoms with Crippen LogP contribution in [0.25, 0.3) is 33.1 Å². The van der Waals surface area contributed by atoms with Crippen LogP contribution in [0.1, 0.15) is 25.7 Å². The molecule has 0 radical (unpaired) electrons. The number of methoxy groups -OCH3 is 3. The number of aryl methyl sites for hydroxylation is 3. The highest BCUT2D eigenvalue weighted by atomic mass is 35.5. The van der Waals surface area contributed by atoms with Crippen LogP contribution in [0.5, 0.6) is 17.2 Å². The number of aromatic nitrogens is 9. The average molecular weight is 1190 g/mol. The van der Waals surface area contributed by atoms with Gasteiger partial charge in [-0.2, -0.15) is 13.2 Å². The molecule has 2 fully saturated rings. The van der Waals surface area contributed by atoms with Crippen LogP contribution in [0.15, 0.2) is 69.0 Å². The zero-order valence-electron chi connectivity index (χ0n) is 43.2. The van der Waals surface area contributed by atoms with E-state index in [0.717, 1.165) is 43.9 Å². The highest BCUT2D eigenvalue weighted by Crippen LogP contribution is 2.37. The number of nitrogen functional groups attached to an aromatic ring is 1. The second-order valence-electron chi connectivity index (χ2n) is 17.6. The van der Waals surface area contributed by atoms with Crippen LogP contribution < -0.4 is 58.3 Å². The third-order valence-corrected chi connectivity index (χ3v) is 12.5. The van der Waals surface area contributed by atoms with Gasteiger partial charge in [0.1, 0.15) is 32.3 Å². The fraction of sp³-hybridized carbons (Fsp3) is 0.240. The maximum absolute atomic E-state index is 14.0. The second-order valence-corrected chi connectivity index (χ2v) is 18.8. The van der Waals surface area contributed by atoms with Gasteiger partial charge in [0.05, 0.1) is 54.8 Å². The van der Waals surface area contributed by atoms with E-state index in [0.29, 0.717) is 21.7 Å². The molecule has 2 amide bonds. The molecule has 6 heterocycles. The Hall–Kier alpha value is -8.89. The highest BCUT2D eigenvalue weighted by molar-refractivity contribution is 6.37. The maximum atomic E-state index is 14.0. The van der Waals surface area contributed by atoms with Crippen LogP contribution in [-0.2, 0) is 30.7 Å². The Kier molecular flexibility index (Phi) is 18.5.